The Morgan fingerprint density at radius 2 is 0.912 bits per heavy atom. The molecule has 0 unspecified atom stereocenters. The molecule has 4 aromatic carbocycles. The summed E-state index contributed by atoms with van der Waals surface area (Å²) in [6, 6.07) is 38.0. The Balaban J connectivity index is 1.50. The second-order valence-electron chi connectivity index (χ2n) is 8.78. The van der Waals surface area contributed by atoms with Gasteiger partial charge in [0, 0.05) is 13.1 Å². The van der Waals surface area contributed by atoms with Crippen molar-refractivity contribution < 1.29 is 0 Å². The molecule has 0 atom stereocenters. The smallest absolute Gasteiger partial charge is 0.120 e. The zero-order valence-electron chi connectivity index (χ0n) is 19.2. The van der Waals surface area contributed by atoms with Gasteiger partial charge in [-0.1, -0.05) is 84.9 Å². The molecule has 0 aliphatic carbocycles. The molecular formula is C30H26N4. The fourth-order valence-electron chi connectivity index (χ4n) is 4.83. The molecule has 0 spiro atoms. The lowest BCUT2D eigenvalue weighted by Crippen LogP contribution is -2.14. The normalized spacial score (nSPS) is 11.6. The number of hydrogen-bond donors (Lipinski definition) is 0. The van der Waals surface area contributed by atoms with Crippen LogP contribution in [0.2, 0.25) is 0 Å². The van der Waals surface area contributed by atoms with Gasteiger partial charge in [-0.05, 0) is 42.3 Å². The maximum atomic E-state index is 5.11. The van der Waals surface area contributed by atoms with Crippen molar-refractivity contribution >= 4 is 22.1 Å². The molecule has 4 nitrogen and oxygen atoms in total. The van der Waals surface area contributed by atoms with E-state index in [0.29, 0.717) is 0 Å². The monoisotopic (exact) mass is 442 g/mol. The molecule has 6 rings (SSSR count). The van der Waals surface area contributed by atoms with Crippen LogP contribution in [0.5, 0.6) is 0 Å². The van der Waals surface area contributed by atoms with E-state index in [-0.39, 0.29) is 5.92 Å². The van der Waals surface area contributed by atoms with Gasteiger partial charge in [0.2, 0.25) is 0 Å². The molecular weight excluding hydrogens is 416 g/mol. The Hall–Kier alpha value is -4.18. The van der Waals surface area contributed by atoms with Gasteiger partial charge in [-0.15, -0.1) is 0 Å². The molecule has 0 aliphatic rings. The molecule has 2 heterocycles. The van der Waals surface area contributed by atoms with E-state index in [9.17, 15) is 0 Å². The van der Waals surface area contributed by atoms with Crippen LogP contribution in [0.1, 0.15) is 35.6 Å². The summed E-state index contributed by atoms with van der Waals surface area (Å²) in [7, 11) is 0. The number of hydrogen-bond acceptors (Lipinski definition) is 2. The summed E-state index contributed by atoms with van der Waals surface area (Å²) < 4.78 is 4.70. The number of fused-ring (bicyclic) bond motifs is 2. The van der Waals surface area contributed by atoms with Gasteiger partial charge in [-0.3, -0.25) is 0 Å². The third kappa shape index (κ3) is 3.67. The van der Waals surface area contributed by atoms with Crippen LogP contribution in [0, 0.1) is 0 Å². The maximum absolute atomic E-state index is 5.11. The fourth-order valence-corrected chi connectivity index (χ4v) is 4.83. The average molecular weight is 443 g/mol. The quantitative estimate of drug-likeness (QED) is 0.290. The van der Waals surface area contributed by atoms with Crippen LogP contribution in [0.25, 0.3) is 22.1 Å². The molecule has 34 heavy (non-hydrogen) atoms. The first-order chi connectivity index (χ1) is 16.8. The van der Waals surface area contributed by atoms with Crippen molar-refractivity contribution in [1.82, 2.24) is 19.1 Å². The highest BCUT2D eigenvalue weighted by Gasteiger charge is 2.24. The third-order valence-corrected chi connectivity index (χ3v) is 6.51. The summed E-state index contributed by atoms with van der Waals surface area (Å²) in [6.45, 7) is 3.78. The summed E-state index contributed by atoms with van der Waals surface area (Å²) in [5.74, 6) is 2.09. The summed E-state index contributed by atoms with van der Waals surface area (Å²) in [5, 5.41) is 0. The van der Waals surface area contributed by atoms with Crippen molar-refractivity contribution in [3.05, 3.63) is 132 Å². The highest BCUT2D eigenvalue weighted by atomic mass is 15.1. The summed E-state index contributed by atoms with van der Waals surface area (Å²) in [6.07, 6.45) is 0. The van der Waals surface area contributed by atoms with Gasteiger partial charge in [0.25, 0.3) is 0 Å². The van der Waals surface area contributed by atoms with E-state index < -0.39 is 0 Å². The Kier molecular flexibility index (Phi) is 5.19. The zero-order chi connectivity index (χ0) is 22.9. The Bertz CT molecular complexity index is 1440. The molecule has 166 valence electrons. The summed E-state index contributed by atoms with van der Waals surface area (Å²) >= 11 is 0. The molecule has 2 aromatic heterocycles. The molecule has 0 saturated carbocycles. The fraction of sp³-hybridized carbons (Fsp3) is 0.133. The van der Waals surface area contributed by atoms with Gasteiger partial charge in [0.1, 0.15) is 11.6 Å². The van der Waals surface area contributed by atoms with E-state index in [2.05, 4.69) is 125 Å². The van der Waals surface area contributed by atoms with Gasteiger partial charge >= 0.3 is 0 Å². The number of rotatable bonds is 6. The first kappa shape index (κ1) is 20.4. The molecule has 0 bridgehead atoms. The van der Waals surface area contributed by atoms with E-state index in [4.69, 9.17) is 9.97 Å². The first-order valence-electron chi connectivity index (χ1n) is 11.8. The maximum Gasteiger partial charge on any atom is 0.120 e. The standard InChI is InChI=1S/C30H26N4/c1-22(29-31-25-16-8-10-18-27(25)33(29)20-23-12-4-2-5-13-23)30-32-26-17-9-11-19-28(26)34(30)21-24-14-6-3-7-15-24/h2-19,22H,20-21H2,1H3. The zero-order valence-corrected chi connectivity index (χ0v) is 19.2. The Morgan fingerprint density at radius 3 is 1.35 bits per heavy atom. The van der Waals surface area contributed by atoms with Crippen molar-refractivity contribution in [2.24, 2.45) is 0 Å². The summed E-state index contributed by atoms with van der Waals surface area (Å²) in [5.41, 5.74) is 6.86. The lowest BCUT2D eigenvalue weighted by atomic mass is 10.1. The highest BCUT2D eigenvalue weighted by Crippen LogP contribution is 2.30. The van der Waals surface area contributed by atoms with Crippen LogP contribution >= 0.6 is 0 Å². The number of imidazole rings is 2. The van der Waals surface area contributed by atoms with Crippen molar-refractivity contribution in [2.75, 3.05) is 0 Å². The predicted molar refractivity (Wildman–Crippen MR) is 138 cm³/mol. The minimum atomic E-state index is 0.0206. The molecule has 0 saturated heterocycles. The number of aromatic nitrogens is 4. The van der Waals surface area contributed by atoms with Crippen LogP contribution in [0.15, 0.2) is 109 Å². The van der Waals surface area contributed by atoms with Crippen LogP contribution in [-0.4, -0.2) is 19.1 Å². The SMILES string of the molecule is CC(c1nc2ccccc2n1Cc1ccccc1)c1nc2ccccc2n1Cc1ccccc1. The van der Waals surface area contributed by atoms with E-state index in [0.717, 1.165) is 46.8 Å². The lowest BCUT2D eigenvalue weighted by Gasteiger charge is -2.17. The largest absolute Gasteiger partial charge is 0.323 e. The molecule has 0 radical (unpaired) electrons. The van der Waals surface area contributed by atoms with Crippen LogP contribution in [0.3, 0.4) is 0 Å². The van der Waals surface area contributed by atoms with Gasteiger partial charge < -0.3 is 9.13 Å². The second-order valence-corrected chi connectivity index (χ2v) is 8.78. The van der Waals surface area contributed by atoms with Gasteiger partial charge in [-0.25, -0.2) is 9.97 Å². The van der Waals surface area contributed by atoms with Crippen LogP contribution < -0.4 is 0 Å². The van der Waals surface area contributed by atoms with Crippen molar-refractivity contribution in [2.45, 2.75) is 25.9 Å². The second kappa shape index (κ2) is 8.64. The first-order valence-corrected chi connectivity index (χ1v) is 11.8. The molecule has 4 heteroatoms. The topological polar surface area (TPSA) is 35.6 Å². The van der Waals surface area contributed by atoms with Gasteiger partial charge in [-0.2, -0.15) is 0 Å². The van der Waals surface area contributed by atoms with Crippen molar-refractivity contribution in [3.8, 4) is 0 Å². The van der Waals surface area contributed by atoms with Crippen molar-refractivity contribution in [1.29, 1.82) is 0 Å². The Labute approximate surface area is 199 Å². The van der Waals surface area contributed by atoms with E-state index in [1.165, 1.54) is 11.1 Å². The van der Waals surface area contributed by atoms with Gasteiger partial charge in [0.15, 0.2) is 0 Å². The van der Waals surface area contributed by atoms with E-state index in [1.54, 1.807) is 0 Å². The predicted octanol–water partition coefficient (Wildman–Crippen LogP) is 6.63. The van der Waals surface area contributed by atoms with Crippen LogP contribution in [0.4, 0.5) is 0 Å². The lowest BCUT2D eigenvalue weighted by molar-refractivity contribution is 0.641. The molecule has 6 aromatic rings. The Morgan fingerprint density at radius 1 is 0.529 bits per heavy atom. The highest BCUT2D eigenvalue weighted by molar-refractivity contribution is 5.78. The number of nitrogens with zero attached hydrogens (tertiary/aromatic N) is 4. The average Bonchev–Trinajstić information content (AvgIpc) is 3.44. The third-order valence-electron chi connectivity index (χ3n) is 6.51. The number of para-hydroxylation sites is 4. The van der Waals surface area contributed by atoms with Crippen molar-refractivity contribution in [3.63, 3.8) is 0 Å². The van der Waals surface area contributed by atoms with Crippen LogP contribution in [-0.2, 0) is 13.1 Å². The summed E-state index contributed by atoms with van der Waals surface area (Å²) in [4.78, 5) is 10.2. The minimum Gasteiger partial charge on any atom is -0.323 e. The van der Waals surface area contributed by atoms with Gasteiger partial charge in [0.05, 0.1) is 28.0 Å². The van der Waals surface area contributed by atoms with E-state index >= 15 is 0 Å². The molecule has 0 amide bonds. The molecule has 0 aliphatic heterocycles. The number of benzene rings is 4. The van der Waals surface area contributed by atoms with E-state index in [1.807, 2.05) is 0 Å². The molecule has 0 fully saturated rings. The molecule has 0 N–H and O–H groups in total. The minimum absolute atomic E-state index is 0.0206.